The highest BCUT2D eigenvalue weighted by molar-refractivity contribution is 5.67. The largest absolute Gasteiger partial charge is 0.462 e. The average Bonchev–Trinajstić information content (AvgIpc) is 2.94. The molecule has 0 aromatic carbocycles. The molecular weight excluding hydrogens is 428 g/mol. The SMILES string of the molecule is CC(=O)OC1C[C@@H]2[C@@]3(C)CC[C@H](O)CC3=CC[C@@]2(O)[C@@]2(O)CC[C@](O)(C(C)OC(C)=O)[C@@]12C. The summed E-state index contributed by atoms with van der Waals surface area (Å²) in [5.74, 6) is -1.55. The van der Waals surface area contributed by atoms with Gasteiger partial charge in [-0.25, -0.2) is 0 Å². The summed E-state index contributed by atoms with van der Waals surface area (Å²) in [5.41, 5.74) is -6.01. The van der Waals surface area contributed by atoms with Crippen LogP contribution in [0.4, 0.5) is 0 Å². The molecule has 2 unspecified atom stereocenters. The minimum absolute atomic E-state index is 0.0677. The Morgan fingerprint density at radius 1 is 1.09 bits per heavy atom. The number of fused-ring (bicyclic) bond motifs is 5. The third kappa shape index (κ3) is 3.03. The van der Waals surface area contributed by atoms with Gasteiger partial charge >= 0.3 is 11.9 Å². The summed E-state index contributed by atoms with van der Waals surface area (Å²) in [4.78, 5) is 23.9. The molecule has 8 heteroatoms. The molecule has 0 aliphatic heterocycles. The fourth-order valence-corrected chi connectivity index (χ4v) is 8.04. The van der Waals surface area contributed by atoms with E-state index >= 15 is 0 Å². The fourth-order valence-electron chi connectivity index (χ4n) is 8.04. The lowest BCUT2D eigenvalue weighted by molar-refractivity contribution is -0.327. The van der Waals surface area contributed by atoms with Gasteiger partial charge in [0.05, 0.1) is 11.5 Å². The van der Waals surface area contributed by atoms with Crippen molar-refractivity contribution in [3.63, 3.8) is 0 Å². The van der Waals surface area contributed by atoms with Gasteiger partial charge in [0.15, 0.2) is 0 Å². The highest BCUT2D eigenvalue weighted by Crippen LogP contribution is 2.71. The number of carbonyl (C=O) groups is 2. The number of hydrogen-bond donors (Lipinski definition) is 4. The van der Waals surface area contributed by atoms with Crippen LogP contribution in [0.15, 0.2) is 11.6 Å². The van der Waals surface area contributed by atoms with Crippen molar-refractivity contribution in [1.82, 2.24) is 0 Å². The maximum absolute atomic E-state index is 12.4. The molecule has 0 saturated heterocycles. The van der Waals surface area contributed by atoms with Gasteiger partial charge in [-0.05, 0) is 57.3 Å². The minimum Gasteiger partial charge on any atom is -0.462 e. The zero-order valence-corrected chi connectivity index (χ0v) is 20.3. The first-order valence-electron chi connectivity index (χ1n) is 12.0. The second kappa shape index (κ2) is 7.51. The molecule has 0 amide bonds. The molecule has 9 atom stereocenters. The van der Waals surface area contributed by atoms with Crippen molar-refractivity contribution in [3.05, 3.63) is 11.6 Å². The van der Waals surface area contributed by atoms with E-state index in [1.165, 1.54) is 13.8 Å². The highest BCUT2D eigenvalue weighted by atomic mass is 16.6. The van der Waals surface area contributed by atoms with E-state index < -0.39 is 63.8 Å². The number of carbonyl (C=O) groups excluding carboxylic acids is 2. The van der Waals surface area contributed by atoms with Crippen LogP contribution in [0.3, 0.4) is 0 Å². The van der Waals surface area contributed by atoms with Crippen LogP contribution in [-0.4, -0.2) is 67.5 Å². The van der Waals surface area contributed by atoms with Gasteiger partial charge in [0.2, 0.25) is 0 Å². The van der Waals surface area contributed by atoms with E-state index in [4.69, 9.17) is 9.47 Å². The fraction of sp³-hybridized carbons (Fsp3) is 0.840. The molecule has 4 aliphatic carbocycles. The van der Waals surface area contributed by atoms with Gasteiger partial charge in [-0.3, -0.25) is 9.59 Å². The number of esters is 2. The van der Waals surface area contributed by atoms with Crippen molar-refractivity contribution in [3.8, 4) is 0 Å². The predicted molar refractivity (Wildman–Crippen MR) is 118 cm³/mol. The number of rotatable bonds is 3. The molecule has 0 aromatic rings. The molecular formula is C25H38O8. The van der Waals surface area contributed by atoms with Crippen molar-refractivity contribution in [2.24, 2.45) is 16.7 Å². The Balaban J connectivity index is 1.87. The first-order valence-corrected chi connectivity index (χ1v) is 12.0. The van der Waals surface area contributed by atoms with Crippen LogP contribution in [0.2, 0.25) is 0 Å². The smallest absolute Gasteiger partial charge is 0.302 e. The maximum atomic E-state index is 12.4. The molecule has 0 spiro atoms. The lowest BCUT2D eigenvalue weighted by Gasteiger charge is -2.67. The second-order valence-electron chi connectivity index (χ2n) is 11.3. The van der Waals surface area contributed by atoms with Crippen LogP contribution >= 0.6 is 0 Å². The Morgan fingerprint density at radius 3 is 2.36 bits per heavy atom. The molecule has 3 saturated carbocycles. The van der Waals surface area contributed by atoms with Crippen molar-refractivity contribution < 1.29 is 39.5 Å². The van der Waals surface area contributed by atoms with Crippen LogP contribution < -0.4 is 0 Å². The molecule has 4 N–H and O–H groups in total. The molecule has 0 bridgehead atoms. The third-order valence-electron chi connectivity index (χ3n) is 9.95. The lowest BCUT2D eigenvalue weighted by atomic mass is 9.42. The molecule has 0 heterocycles. The summed E-state index contributed by atoms with van der Waals surface area (Å²) in [7, 11) is 0. The van der Waals surface area contributed by atoms with E-state index in [0.717, 1.165) is 5.57 Å². The monoisotopic (exact) mass is 466 g/mol. The van der Waals surface area contributed by atoms with Gasteiger partial charge in [0.25, 0.3) is 0 Å². The van der Waals surface area contributed by atoms with Gasteiger partial charge in [-0.2, -0.15) is 0 Å². The summed E-state index contributed by atoms with van der Waals surface area (Å²) >= 11 is 0. The number of ether oxygens (including phenoxy) is 2. The first kappa shape index (κ1) is 24.6. The highest BCUT2D eigenvalue weighted by Gasteiger charge is 2.81. The van der Waals surface area contributed by atoms with Gasteiger partial charge in [0, 0.05) is 19.8 Å². The summed E-state index contributed by atoms with van der Waals surface area (Å²) in [6, 6.07) is 0. The van der Waals surface area contributed by atoms with Crippen LogP contribution in [0.1, 0.15) is 79.6 Å². The van der Waals surface area contributed by atoms with Gasteiger partial charge in [0.1, 0.15) is 29.0 Å². The third-order valence-corrected chi connectivity index (χ3v) is 9.95. The van der Waals surface area contributed by atoms with Crippen LogP contribution in [0.5, 0.6) is 0 Å². The Bertz CT molecular complexity index is 886. The van der Waals surface area contributed by atoms with Crippen LogP contribution in [-0.2, 0) is 19.1 Å². The van der Waals surface area contributed by atoms with Crippen molar-refractivity contribution in [2.45, 2.75) is 115 Å². The van der Waals surface area contributed by atoms with E-state index in [1.54, 1.807) is 13.8 Å². The molecule has 4 rings (SSSR count). The Morgan fingerprint density at radius 2 is 1.76 bits per heavy atom. The van der Waals surface area contributed by atoms with Gasteiger partial charge < -0.3 is 29.9 Å². The van der Waals surface area contributed by atoms with Crippen LogP contribution in [0.25, 0.3) is 0 Å². The molecule has 3 fully saturated rings. The standard InChI is InChI=1S/C25H38O8/c1-14(32-15(2)26)23(29)10-11-25(31)22(23,5)20(33-16(3)27)13-19-21(4)8-7-18(28)12-17(21)6-9-24(19,25)30/h6,14,18-20,28-31H,7-13H2,1-5H3/t14?,18-,19+,20?,21-,22+,23-,24-,25+/m0/s1. The van der Waals surface area contributed by atoms with E-state index in [1.807, 2.05) is 6.08 Å². The minimum atomic E-state index is -1.80. The van der Waals surface area contributed by atoms with Gasteiger partial charge in [-0.1, -0.05) is 25.5 Å². The molecule has 186 valence electrons. The van der Waals surface area contributed by atoms with Crippen molar-refractivity contribution in [1.29, 1.82) is 0 Å². The van der Waals surface area contributed by atoms with E-state index in [-0.39, 0.29) is 25.7 Å². The normalized spacial score (nSPS) is 49.7. The predicted octanol–water partition coefficient (Wildman–Crippen LogP) is 1.76. The van der Waals surface area contributed by atoms with Crippen molar-refractivity contribution >= 4 is 11.9 Å². The Labute approximate surface area is 195 Å². The molecule has 0 aromatic heterocycles. The Hall–Kier alpha value is -1.48. The maximum Gasteiger partial charge on any atom is 0.302 e. The molecule has 33 heavy (non-hydrogen) atoms. The zero-order valence-electron chi connectivity index (χ0n) is 20.3. The quantitative estimate of drug-likeness (QED) is 0.365. The molecule has 4 aliphatic rings. The first-order chi connectivity index (χ1) is 15.2. The number of hydrogen-bond acceptors (Lipinski definition) is 8. The van der Waals surface area contributed by atoms with Gasteiger partial charge in [-0.15, -0.1) is 0 Å². The number of aliphatic hydroxyl groups excluding tert-OH is 1. The Kier molecular flexibility index (Phi) is 5.61. The average molecular weight is 467 g/mol. The van der Waals surface area contributed by atoms with Crippen LogP contribution in [0, 0.1) is 16.7 Å². The number of aliphatic hydroxyl groups is 4. The lowest BCUT2D eigenvalue weighted by Crippen LogP contribution is -2.78. The molecule has 0 radical (unpaired) electrons. The zero-order chi connectivity index (χ0) is 24.6. The summed E-state index contributed by atoms with van der Waals surface area (Å²) in [5, 5.41) is 46.9. The van der Waals surface area contributed by atoms with E-state index in [0.29, 0.717) is 19.3 Å². The summed E-state index contributed by atoms with van der Waals surface area (Å²) < 4.78 is 11.2. The topological polar surface area (TPSA) is 134 Å². The van der Waals surface area contributed by atoms with E-state index in [2.05, 4.69) is 6.92 Å². The molecule has 8 nitrogen and oxygen atoms in total. The van der Waals surface area contributed by atoms with Crippen molar-refractivity contribution in [2.75, 3.05) is 0 Å². The second-order valence-corrected chi connectivity index (χ2v) is 11.3. The summed E-state index contributed by atoms with van der Waals surface area (Å²) in [6.45, 7) is 7.82. The summed E-state index contributed by atoms with van der Waals surface area (Å²) in [6.07, 6.45) is 1.92. The van der Waals surface area contributed by atoms with E-state index in [9.17, 15) is 30.0 Å².